The molecule has 2 N–H and O–H groups in total. The predicted molar refractivity (Wildman–Crippen MR) is 44.5 cm³/mol. The SMILES string of the molecule is COC(=O)[C@]1(N)CC12CCCC2. The van der Waals surface area contributed by atoms with Crippen LogP contribution in [0, 0.1) is 5.41 Å². The molecule has 2 saturated carbocycles. The van der Waals surface area contributed by atoms with Crippen molar-refractivity contribution in [2.45, 2.75) is 37.6 Å². The zero-order valence-corrected chi connectivity index (χ0v) is 7.43. The number of ether oxygens (including phenoxy) is 1. The molecule has 0 unspecified atom stereocenters. The fourth-order valence-corrected chi connectivity index (χ4v) is 2.64. The van der Waals surface area contributed by atoms with Crippen LogP contribution in [-0.2, 0) is 9.53 Å². The molecule has 68 valence electrons. The van der Waals surface area contributed by atoms with E-state index in [1.807, 2.05) is 0 Å². The Bertz CT molecular complexity index is 221. The molecule has 0 aromatic heterocycles. The second kappa shape index (κ2) is 2.22. The monoisotopic (exact) mass is 169 g/mol. The predicted octanol–water partition coefficient (Wildman–Crippen LogP) is 0.821. The van der Waals surface area contributed by atoms with Gasteiger partial charge in [-0.05, 0) is 19.3 Å². The average molecular weight is 169 g/mol. The fourth-order valence-electron chi connectivity index (χ4n) is 2.64. The maximum Gasteiger partial charge on any atom is 0.326 e. The Morgan fingerprint density at radius 3 is 2.50 bits per heavy atom. The summed E-state index contributed by atoms with van der Waals surface area (Å²) < 4.78 is 4.70. The lowest BCUT2D eigenvalue weighted by Gasteiger charge is -2.14. The van der Waals surface area contributed by atoms with Crippen LogP contribution in [0.4, 0.5) is 0 Å². The van der Waals surface area contributed by atoms with Gasteiger partial charge in [0.2, 0.25) is 0 Å². The van der Waals surface area contributed by atoms with Crippen LogP contribution in [0.1, 0.15) is 32.1 Å². The molecule has 3 nitrogen and oxygen atoms in total. The van der Waals surface area contributed by atoms with Gasteiger partial charge in [0.25, 0.3) is 0 Å². The summed E-state index contributed by atoms with van der Waals surface area (Å²) in [4.78, 5) is 11.3. The number of carbonyl (C=O) groups excluding carboxylic acids is 1. The Hall–Kier alpha value is -0.570. The van der Waals surface area contributed by atoms with E-state index in [-0.39, 0.29) is 11.4 Å². The van der Waals surface area contributed by atoms with E-state index in [1.54, 1.807) is 0 Å². The van der Waals surface area contributed by atoms with Gasteiger partial charge >= 0.3 is 5.97 Å². The minimum absolute atomic E-state index is 0.125. The number of hydrogen-bond donors (Lipinski definition) is 1. The molecular weight excluding hydrogens is 154 g/mol. The van der Waals surface area contributed by atoms with Crippen LogP contribution in [0.2, 0.25) is 0 Å². The summed E-state index contributed by atoms with van der Waals surface area (Å²) in [7, 11) is 1.41. The standard InChI is InChI=1S/C9H15NO2/c1-12-7(11)9(10)6-8(9)4-2-3-5-8/h2-6,10H2,1H3/t9-/m1/s1. The number of esters is 1. The molecule has 12 heavy (non-hydrogen) atoms. The Kier molecular flexibility index (Phi) is 1.49. The first-order chi connectivity index (χ1) is 5.65. The van der Waals surface area contributed by atoms with E-state index in [0.717, 1.165) is 19.3 Å². The van der Waals surface area contributed by atoms with Gasteiger partial charge in [0.15, 0.2) is 0 Å². The lowest BCUT2D eigenvalue weighted by Crippen LogP contribution is -2.39. The first kappa shape index (κ1) is 8.05. The third-order valence-corrected chi connectivity index (χ3v) is 3.55. The molecular formula is C9H15NO2. The zero-order valence-electron chi connectivity index (χ0n) is 7.43. The van der Waals surface area contributed by atoms with E-state index >= 15 is 0 Å². The molecule has 2 aliphatic carbocycles. The van der Waals surface area contributed by atoms with Crippen molar-refractivity contribution in [1.82, 2.24) is 0 Å². The van der Waals surface area contributed by atoms with Crippen LogP contribution in [0.15, 0.2) is 0 Å². The van der Waals surface area contributed by atoms with Crippen molar-refractivity contribution >= 4 is 5.97 Å². The van der Waals surface area contributed by atoms with Crippen molar-refractivity contribution < 1.29 is 9.53 Å². The van der Waals surface area contributed by atoms with Crippen LogP contribution in [-0.4, -0.2) is 18.6 Å². The Morgan fingerprint density at radius 2 is 2.00 bits per heavy atom. The lowest BCUT2D eigenvalue weighted by atomic mass is 9.98. The molecule has 0 aromatic carbocycles. The third kappa shape index (κ3) is 0.774. The quantitative estimate of drug-likeness (QED) is 0.591. The first-order valence-electron chi connectivity index (χ1n) is 4.52. The van der Waals surface area contributed by atoms with Crippen molar-refractivity contribution in [2.24, 2.45) is 11.1 Å². The largest absolute Gasteiger partial charge is 0.468 e. The summed E-state index contributed by atoms with van der Waals surface area (Å²) in [6.45, 7) is 0. The van der Waals surface area contributed by atoms with E-state index in [2.05, 4.69) is 0 Å². The van der Waals surface area contributed by atoms with E-state index in [9.17, 15) is 4.79 Å². The van der Waals surface area contributed by atoms with E-state index < -0.39 is 5.54 Å². The van der Waals surface area contributed by atoms with Crippen LogP contribution in [0.5, 0.6) is 0 Å². The summed E-state index contributed by atoms with van der Waals surface area (Å²) in [6.07, 6.45) is 5.50. The summed E-state index contributed by atoms with van der Waals surface area (Å²) in [5.74, 6) is -0.218. The van der Waals surface area contributed by atoms with Crippen LogP contribution in [0.25, 0.3) is 0 Å². The summed E-state index contributed by atoms with van der Waals surface area (Å²) in [5, 5.41) is 0. The maximum absolute atomic E-state index is 11.3. The lowest BCUT2D eigenvalue weighted by molar-refractivity contribution is -0.144. The Balaban J connectivity index is 2.12. The number of carbonyl (C=O) groups is 1. The Labute approximate surface area is 72.3 Å². The van der Waals surface area contributed by atoms with Crippen molar-refractivity contribution in [3.05, 3.63) is 0 Å². The molecule has 3 heteroatoms. The Morgan fingerprint density at radius 1 is 1.42 bits per heavy atom. The summed E-state index contributed by atoms with van der Waals surface area (Å²) in [6, 6.07) is 0. The number of hydrogen-bond acceptors (Lipinski definition) is 3. The zero-order chi connectivity index (χ0) is 8.82. The van der Waals surface area contributed by atoms with Gasteiger partial charge in [-0.25, -0.2) is 0 Å². The summed E-state index contributed by atoms with van der Waals surface area (Å²) >= 11 is 0. The van der Waals surface area contributed by atoms with Crippen molar-refractivity contribution in [1.29, 1.82) is 0 Å². The highest BCUT2D eigenvalue weighted by molar-refractivity contribution is 5.86. The highest BCUT2D eigenvalue weighted by Gasteiger charge is 2.70. The topological polar surface area (TPSA) is 52.3 Å². The van der Waals surface area contributed by atoms with E-state index in [0.29, 0.717) is 0 Å². The molecule has 0 saturated heterocycles. The molecule has 0 radical (unpaired) electrons. The molecule has 2 fully saturated rings. The van der Waals surface area contributed by atoms with Crippen molar-refractivity contribution in [2.75, 3.05) is 7.11 Å². The van der Waals surface area contributed by atoms with Crippen LogP contribution >= 0.6 is 0 Å². The number of rotatable bonds is 1. The van der Waals surface area contributed by atoms with Gasteiger partial charge in [0.05, 0.1) is 7.11 Å². The third-order valence-electron chi connectivity index (χ3n) is 3.55. The second-order valence-electron chi connectivity index (χ2n) is 4.13. The van der Waals surface area contributed by atoms with Gasteiger partial charge in [-0.2, -0.15) is 0 Å². The second-order valence-corrected chi connectivity index (χ2v) is 4.13. The molecule has 0 bridgehead atoms. The van der Waals surface area contributed by atoms with Gasteiger partial charge in [-0.3, -0.25) is 4.79 Å². The maximum atomic E-state index is 11.3. The highest BCUT2D eigenvalue weighted by Crippen LogP contribution is 2.64. The minimum atomic E-state index is -0.627. The molecule has 0 aliphatic heterocycles. The minimum Gasteiger partial charge on any atom is -0.468 e. The molecule has 1 atom stereocenters. The van der Waals surface area contributed by atoms with Gasteiger partial charge in [-0.1, -0.05) is 12.8 Å². The van der Waals surface area contributed by atoms with Gasteiger partial charge in [0, 0.05) is 5.41 Å². The molecule has 1 spiro atoms. The van der Waals surface area contributed by atoms with E-state index in [4.69, 9.17) is 10.5 Å². The molecule has 0 amide bonds. The van der Waals surface area contributed by atoms with Crippen molar-refractivity contribution in [3.8, 4) is 0 Å². The van der Waals surface area contributed by atoms with E-state index in [1.165, 1.54) is 20.0 Å². The number of methoxy groups -OCH3 is 1. The number of nitrogens with two attached hydrogens (primary N) is 1. The first-order valence-corrected chi connectivity index (χ1v) is 4.52. The van der Waals surface area contributed by atoms with Crippen molar-refractivity contribution in [3.63, 3.8) is 0 Å². The smallest absolute Gasteiger partial charge is 0.326 e. The molecule has 2 rings (SSSR count). The summed E-state index contributed by atoms with van der Waals surface area (Å²) in [5.41, 5.74) is 5.46. The van der Waals surface area contributed by atoms with Crippen LogP contribution in [0.3, 0.4) is 0 Å². The average Bonchev–Trinajstić information content (AvgIpc) is 2.50. The van der Waals surface area contributed by atoms with Crippen LogP contribution < -0.4 is 5.73 Å². The molecule has 2 aliphatic rings. The van der Waals surface area contributed by atoms with Gasteiger partial charge < -0.3 is 10.5 Å². The van der Waals surface area contributed by atoms with Gasteiger partial charge in [0.1, 0.15) is 5.54 Å². The molecule has 0 heterocycles. The fraction of sp³-hybridized carbons (Fsp3) is 0.889. The normalized spacial score (nSPS) is 36.8. The molecule has 0 aromatic rings. The highest BCUT2D eigenvalue weighted by atomic mass is 16.5. The van der Waals surface area contributed by atoms with Gasteiger partial charge in [-0.15, -0.1) is 0 Å².